The van der Waals surface area contributed by atoms with Crippen LogP contribution in [0.2, 0.25) is 0 Å². The van der Waals surface area contributed by atoms with Gasteiger partial charge in [0.25, 0.3) is 11.8 Å². The van der Waals surface area contributed by atoms with Gasteiger partial charge in [0.05, 0.1) is 56.3 Å². The fourth-order valence-corrected chi connectivity index (χ4v) is 5.53. The zero-order valence-electron chi connectivity index (χ0n) is 23.2. The number of rotatable bonds is 9. The number of aromatic nitrogens is 4. The number of ether oxygens (including phenoxy) is 1. The third-order valence-corrected chi connectivity index (χ3v) is 7.69. The van der Waals surface area contributed by atoms with Crippen LogP contribution < -0.4 is 10.6 Å². The lowest BCUT2D eigenvalue weighted by molar-refractivity contribution is -0.127. The molecule has 0 unspecified atom stereocenters. The Kier molecular flexibility index (Phi) is 8.48. The number of alkyl halides is 7. The second-order valence-electron chi connectivity index (χ2n) is 11.0. The average Bonchev–Trinajstić information content (AvgIpc) is 3.57. The number of nitrogens with zero attached hydrogens (tertiary/aromatic N) is 5. The molecule has 240 valence electrons. The highest BCUT2D eigenvalue weighted by Gasteiger charge is 2.43. The van der Waals surface area contributed by atoms with Crippen molar-refractivity contribution in [3.05, 3.63) is 47.2 Å². The van der Waals surface area contributed by atoms with E-state index in [9.17, 15) is 40.3 Å². The van der Waals surface area contributed by atoms with Crippen molar-refractivity contribution < 1.29 is 49.6 Å². The van der Waals surface area contributed by atoms with Crippen molar-refractivity contribution in [1.29, 1.82) is 0 Å². The Morgan fingerprint density at radius 3 is 2.64 bits per heavy atom. The first kappa shape index (κ1) is 31.5. The van der Waals surface area contributed by atoms with E-state index < -0.39 is 91.6 Å². The minimum absolute atomic E-state index is 0.0209. The van der Waals surface area contributed by atoms with E-state index in [-0.39, 0.29) is 30.8 Å². The molecule has 1 aliphatic heterocycles. The molecule has 2 fully saturated rings. The number of urea groups is 1. The van der Waals surface area contributed by atoms with Crippen LogP contribution in [0.1, 0.15) is 65.1 Å². The molecule has 3 aromatic heterocycles. The lowest BCUT2D eigenvalue weighted by Gasteiger charge is -2.38. The summed E-state index contributed by atoms with van der Waals surface area (Å²) in [6.07, 6.45) is -3.63. The van der Waals surface area contributed by atoms with Gasteiger partial charge in [-0.3, -0.25) is 4.79 Å². The number of halogens is 7. The number of fused-ring (bicyclic) bond motifs is 1. The summed E-state index contributed by atoms with van der Waals surface area (Å²) < 4.78 is 106. The van der Waals surface area contributed by atoms with Gasteiger partial charge < -0.3 is 24.8 Å². The Hall–Kier alpha value is -3.96. The molecular formula is C26H28F7N7O4. The van der Waals surface area contributed by atoms with Crippen LogP contribution in [0.15, 0.2) is 29.2 Å². The first-order valence-electron chi connectivity index (χ1n) is 13.6. The third kappa shape index (κ3) is 7.05. The molecule has 3 amide bonds. The molecule has 44 heavy (non-hydrogen) atoms. The van der Waals surface area contributed by atoms with Crippen molar-refractivity contribution in [3.8, 4) is 0 Å². The number of nitrogens with one attached hydrogen (secondary N) is 2. The van der Waals surface area contributed by atoms with Crippen LogP contribution >= 0.6 is 0 Å². The summed E-state index contributed by atoms with van der Waals surface area (Å²) in [6, 6.07) is -1.25. The largest absolute Gasteiger partial charge is 0.393 e. The molecule has 5 rings (SSSR count). The number of amides is 3. The van der Waals surface area contributed by atoms with E-state index in [4.69, 9.17) is 4.74 Å². The van der Waals surface area contributed by atoms with Crippen molar-refractivity contribution in [2.45, 2.75) is 62.2 Å². The standard InChI is InChI=1S/C26H28F7N7O4/c1-43-11-18(39-13-25(29,30)12-34-23(39)42)15-6-19-36-17(9-40(19)35-8-15)20(14-2-4-24(27,28)5-3-14)37-22(41)21-16(10-44-38-21)7-26(31,32)33/h6,8-10,14,18,20H,2-5,7,11-13H2,1H3,(H,34,42)(H,37,41)/t18-,20+/m1/s1. The average molecular weight is 636 g/mol. The highest BCUT2D eigenvalue weighted by molar-refractivity contribution is 5.93. The van der Waals surface area contributed by atoms with Crippen LogP contribution in [0.4, 0.5) is 35.5 Å². The minimum Gasteiger partial charge on any atom is -0.382 e. The minimum atomic E-state index is -4.65. The highest BCUT2D eigenvalue weighted by Crippen LogP contribution is 2.41. The summed E-state index contributed by atoms with van der Waals surface area (Å²) >= 11 is 0. The first-order chi connectivity index (χ1) is 20.6. The van der Waals surface area contributed by atoms with Crippen LogP contribution in [0.5, 0.6) is 0 Å². The van der Waals surface area contributed by atoms with Crippen LogP contribution in [0, 0.1) is 5.92 Å². The predicted molar refractivity (Wildman–Crippen MR) is 136 cm³/mol. The molecule has 11 nitrogen and oxygen atoms in total. The van der Waals surface area contributed by atoms with Gasteiger partial charge >= 0.3 is 12.2 Å². The van der Waals surface area contributed by atoms with Crippen molar-refractivity contribution in [2.75, 3.05) is 26.8 Å². The number of hydrogen-bond acceptors (Lipinski definition) is 7. The Bertz CT molecular complexity index is 1500. The molecular weight excluding hydrogens is 607 g/mol. The summed E-state index contributed by atoms with van der Waals surface area (Å²) in [5.74, 6) is -7.67. The summed E-state index contributed by atoms with van der Waals surface area (Å²) in [5, 5.41) is 12.4. The van der Waals surface area contributed by atoms with Crippen molar-refractivity contribution in [1.82, 2.24) is 35.3 Å². The molecule has 4 heterocycles. The zero-order valence-corrected chi connectivity index (χ0v) is 23.2. The van der Waals surface area contributed by atoms with Crippen LogP contribution in [-0.2, 0) is 11.2 Å². The molecule has 2 N–H and O–H groups in total. The van der Waals surface area contributed by atoms with E-state index in [1.54, 1.807) is 0 Å². The molecule has 0 radical (unpaired) electrons. The van der Waals surface area contributed by atoms with Gasteiger partial charge in [-0.1, -0.05) is 5.16 Å². The van der Waals surface area contributed by atoms with Crippen molar-refractivity contribution in [2.24, 2.45) is 5.92 Å². The Morgan fingerprint density at radius 2 is 1.95 bits per heavy atom. The summed E-state index contributed by atoms with van der Waals surface area (Å²) in [5.41, 5.74) is -0.452. The smallest absolute Gasteiger partial charge is 0.382 e. The molecule has 0 aromatic carbocycles. The topological polar surface area (TPSA) is 127 Å². The molecule has 0 spiro atoms. The zero-order chi connectivity index (χ0) is 31.9. The van der Waals surface area contributed by atoms with E-state index in [0.717, 1.165) is 4.90 Å². The SMILES string of the molecule is COC[C@H](c1cnn2cc([C@@H](NC(=O)c3nocc3CC(F)(F)F)C3CCC(F)(F)CC3)nc2c1)N1CC(F)(F)CNC1=O. The molecule has 2 aliphatic rings. The number of carbonyl (C=O) groups excluding carboxylic acids is 2. The lowest BCUT2D eigenvalue weighted by Crippen LogP contribution is -2.58. The lowest BCUT2D eigenvalue weighted by atomic mass is 9.81. The number of imidazole rings is 1. The quantitative estimate of drug-likeness (QED) is 0.333. The van der Waals surface area contributed by atoms with Gasteiger partial charge in [-0.15, -0.1) is 0 Å². The van der Waals surface area contributed by atoms with E-state index >= 15 is 0 Å². The maximum Gasteiger partial charge on any atom is 0.393 e. The van der Waals surface area contributed by atoms with Crippen molar-refractivity contribution in [3.63, 3.8) is 0 Å². The normalized spacial score (nSPS) is 20.4. The second-order valence-corrected chi connectivity index (χ2v) is 11.0. The maximum absolute atomic E-state index is 14.1. The van der Waals surface area contributed by atoms with E-state index in [1.165, 1.54) is 30.1 Å². The van der Waals surface area contributed by atoms with Gasteiger partial charge in [0.1, 0.15) is 6.26 Å². The third-order valence-electron chi connectivity index (χ3n) is 7.69. The van der Waals surface area contributed by atoms with E-state index in [2.05, 4.69) is 30.4 Å². The van der Waals surface area contributed by atoms with E-state index in [0.29, 0.717) is 11.8 Å². The monoisotopic (exact) mass is 635 g/mol. The van der Waals surface area contributed by atoms with Crippen LogP contribution in [0.25, 0.3) is 5.65 Å². The van der Waals surface area contributed by atoms with Gasteiger partial charge in [-0.2, -0.15) is 18.3 Å². The number of carbonyl (C=O) groups is 2. The Balaban J connectivity index is 1.46. The summed E-state index contributed by atoms with van der Waals surface area (Å²) in [4.78, 5) is 31.0. The van der Waals surface area contributed by atoms with Gasteiger partial charge in [0.2, 0.25) is 5.92 Å². The molecule has 18 heteroatoms. The fourth-order valence-electron chi connectivity index (χ4n) is 5.53. The van der Waals surface area contributed by atoms with Crippen LogP contribution in [-0.4, -0.2) is 81.4 Å². The molecule has 1 saturated carbocycles. The molecule has 1 saturated heterocycles. The Morgan fingerprint density at radius 1 is 1.23 bits per heavy atom. The summed E-state index contributed by atoms with van der Waals surface area (Å²) in [7, 11) is 1.34. The highest BCUT2D eigenvalue weighted by atomic mass is 19.4. The van der Waals surface area contributed by atoms with Crippen LogP contribution in [0.3, 0.4) is 0 Å². The number of hydrogen-bond donors (Lipinski definition) is 2. The second kappa shape index (κ2) is 11.9. The molecule has 3 aromatic rings. The van der Waals surface area contributed by atoms with E-state index in [1.807, 2.05) is 0 Å². The first-order valence-corrected chi connectivity index (χ1v) is 13.6. The molecule has 0 bridgehead atoms. The Labute approximate surface area is 245 Å². The predicted octanol–water partition coefficient (Wildman–Crippen LogP) is 4.47. The van der Waals surface area contributed by atoms with Gasteiger partial charge in [0, 0.05) is 31.1 Å². The molecule has 1 aliphatic carbocycles. The van der Waals surface area contributed by atoms with Gasteiger partial charge in [-0.05, 0) is 24.8 Å². The maximum atomic E-state index is 14.1. The summed E-state index contributed by atoms with van der Waals surface area (Å²) in [6.45, 7) is -1.83. The fraction of sp³-hybridized carbons (Fsp3) is 0.577. The van der Waals surface area contributed by atoms with Crippen molar-refractivity contribution >= 4 is 17.6 Å². The van der Waals surface area contributed by atoms with Gasteiger partial charge in [-0.25, -0.2) is 31.9 Å². The number of methoxy groups -OCH3 is 1. The van der Waals surface area contributed by atoms with Gasteiger partial charge in [0.15, 0.2) is 11.3 Å². The molecule has 2 atom stereocenters.